The molecule has 0 amide bonds. The van der Waals surface area contributed by atoms with Gasteiger partial charge in [0.15, 0.2) is 0 Å². The Morgan fingerprint density at radius 2 is 2.17 bits per heavy atom. The summed E-state index contributed by atoms with van der Waals surface area (Å²) < 4.78 is 0. The van der Waals surface area contributed by atoms with E-state index in [1.54, 1.807) is 12.1 Å². The fourth-order valence-corrected chi connectivity index (χ4v) is 2.60. The van der Waals surface area contributed by atoms with Gasteiger partial charge in [-0.3, -0.25) is 0 Å². The highest BCUT2D eigenvalue weighted by molar-refractivity contribution is 6.31. The molecule has 4 heteroatoms. The third kappa shape index (κ3) is 3.23. The molecule has 1 aliphatic rings. The first-order chi connectivity index (χ1) is 8.70. The summed E-state index contributed by atoms with van der Waals surface area (Å²) in [5.41, 5.74) is 1.54. The lowest BCUT2D eigenvalue weighted by molar-refractivity contribution is 0.0902. The Labute approximate surface area is 112 Å². The fourth-order valence-electron chi connectivity index (χ4n) is 2.35. The molecule has 1 aromatic carbocycles. The topological polar surface area (TPSA) is 56.0 Å². The molecule has 2 N–H and O–H groups in total. The molecule has 18 heavy (non-hydrogen) atoms. The van der Waals surface area contributed by atoms with Crippen LogP contribution in [0.1, 0.15) is 36.8 Å². The normalized spacial score (nSPS) is 23.6. The molecule has 3 nitrogen and oxygen atoms in total. The van der Waals surface area contributed by atoms with Crippen molar-refractivity contribution in [3.8, 4) is 6.07 Å². The van der Waals surface area contributed by atoms with E-state index in [4.69, 9.17) is 16.9 Å². The first kappa shape index (κ1) is 13.4. The number of aliphatic hydroxyl groups excluding tert-OH is 1. The molecule has 2 unspecified atom stereocenters. The standard InChI is InChI=1S/C14H17ClN2O/c15-12-7-10(8-16)5-6-11(12)9-17-13-3-1-2-4-14(13)18/h5-7,13-14,17-18H,1-4,9H2. The summed E-state index contributed by atoms with van der Waals surface area (Å²) in [7, 11) is 0. The van der Waals surface area contributed by atoms with E-state index < -0.39 is 0 Å². The number of hydrogen-bond acceptors (Lipinski definition) is 3. The number of hydrogen-bond donors (Lipinski definition) is 2. The quantitative estimate of drug-likeness (QED) is 0.882. The van der Waals surface area contributed by atoms with Crippen molar-refractivity contribution in [3.05, 3.63) is 34.3 Å². The molecule has 0 spiro atoms. The monoisotopic (exact) mass is 264 g/mol. The van der Waals surface area contributed by atoms with Crippen molar-refractivity contribution in [1.29, 1.82) is 5.26 Å². The van der Waals surface area contributed by atoms with Gasteiger partial charge in [-0.2, -0.15) is 5.26 Å². The predicted molar refractivity (Wildman–Crippen MR) is 71.3 cm³/mol. The number of nitriles is 1. The molecule has 1 aromatic rings. The lowest BCUT2D eigenvalue weighted by Crippen LogP contribution is -2.41. The van der Waals surface area contributed by atoms with E-state index in [2.05, 4.69) is 11.4 Å². The van der Waals surface area contributed by atoms with Crippen molar-refractivity contribution in [2.45, 2.75) is 44.4 Å². The third-order valence-electron chi connectivity index (χ3n) is 3.47. The largest absolute Gasteiger partial charge is 0.392 e. The van der Waals surface area contributed by atoms with Crippen LogP contribution < -0.4 is 5.32 Å². The van der Waals surface area contributed by atoms with Gasteiger partial charge in [-0.15, -0.1) is 0 Å². The molecule has 0 radical (unpaired) electrons. The van der Waals surface area contributed by atoms with Gasteiger partial charge in [-0.05, 0) is 30.5 Å². The van der Waals surface area contributed by atoms with Crippen molar-refractivity contribution in [2.24, 2.45) is 0 Å². The van der Waals surface area contributed by atoms with Gasteiger partial charge in [-0.25, -0.2) is 0 Å². The molecule has 2 rings (SSSR count). The summed E-state index contributed by atoms with van der Waals surface area (Å²) in [6.07, 6.45) is 3.90. The van der Waals surface area contributed by atoms with Gasteiger partial charge in [0, 0.05) is 17.6 Å². The van der Waals surface area contributed by atoms with Gasteiger partial charge < -0.3 is 10.4 Å². The maximum absolute atomic E-state index is 9.86. The maximum atomic E-state index is 9.86. The van der Waals surface area contributed by atoms with Crippen LogP contribution in [0.25, 0.3) is 0 Å². The molecule has 1 fully saturated rings. The van der Waals surface area contributed by atoms with Crippen LogP contribution >= 0.6 is 11.6 Å². The van der Waals surface area contributed by atoms with Gasteiger partial charge >= 0.3 is 0 Å². The van der Waals surface area contributed by atoms with E-state index in [9.17, 15) is 5.11 Å². The minimum Gasteiger partial charge on any atom is -0.392 e. The van der Waals surface area contributed by atoms with Gasteiger partial charge in [0.2, 0.25) is 0 Å². The predicted octanol–water partition coefficient (Wildman–Crippen LogP) is 2.60. The number of rotatable bonds is 3. The SMILES string of the molecule is N#Cc1ccc(CNC2CCCCC2O)c(Cl)c1. The average Bonchev–Trinajstić information content (AvgIpc) is 2.39. The zero-order valence-electron chi connectivity index (χ0n) is 10.2. The molecule has 1 aliphatic carbocycles. The van der Waals surface area contributed by atoms with Gasteiger partial charge in [0.25, 0.3) is 0 Å². The van der Waals surface area contributed by atoms with Crippen LogP contribution in [0.3, 0.4) is 0 Å². The maximum Gasteiger partial charge on any atom is 0.0992 e. The summed E-state index contributed by atoms with van der Waals surface area (Å²) in [5.74, 6) is 0. The highest BCUT2D eigenvalue weighted by atomic mass is 35.5. The number of nitrogens with one attached hydrogen (secondary N) is 1. The molecule has 0 aliphatic heterocycles. The molecule has 96 valence electrons. The van der Waals surface area contributed by atoms with E-state index in [1.165, 1.54) is 0 Å². The molecule has 0 aromatic heterocycles. The van der Waals surface area contributed by atoms with Crippen LogP contribution in [0, 0.1) is 11.3 Å². The van der Waals surface area contributed by atoms with E-state index in [1.807, 2.05) is 6.07 Å². The zero-order chi connectivity index (χ0) is 13.0. The minimum absolute atomic E-state index is 0.158. The highest BCUT2D eigenvalue weighted by Crippen LogP contribution is 2.21. The molecule has 2 atom stereocenters. The number of nitrogens with zero attached hydrogens (tertiary/aromatic N) is 1. The summed E-state index contributed by atoms with van der Waals surface area (Å²) in [5, 5.41) is 22.6. The van der Waals surface area contributed by atoms with Gasteiger partial charge in [0.1, 0.15) is 0 Å². The van der Waals surface area contributed by atoms with Crippen LogP contribution in [0.2, 0.25) is 5.02 Å². The lowest BCUT2D eigenvalue weighted by Gasteiger charge is -2.28. The van der Waals surface area contributed by atoms with Crippen molar-refractivity contribution in [3.63, 3.8) is 0 Å². The van der Waals surface area contributed by atoms with Gasteiger partial charge in [-0.1, -0.05) is 30.5 Å². The van der Waals surface area contributed by atoms with Crippen LogP contribution in [-0.4, -0.2) is 17.3 Å². The van der Waals surface area contributed by atoms with Crippen molar-refractivity contribution < 1.29 is 5.11 Å². The zero-order valence-corrected chi connectivity index (χ0v) is 11.0. The first-order valence-electron chi connectivity index (χ1n) is 6.30. The Morgan fingerprint density at radius 3 is 2.83 bits per heavy atom. The van der Waals surface area contributed by atoms with E-state index in [-0.39, 0.29) is 12.1 Å². The molecule has 0 bridgehead atoms. The molecule has 0 saturated heterocycles. The van der Waals surface area contributed by atoms with Crippen LogP contribution in [0.15, 0.2) is 18.2 Å². The Balaban J connectivity index is 1.95. The number of halogens is 1. The smallest absolute Gasteiger partial charge is 0.0992 e. The number of benzene rings is 1. The Kier molecular flexibility index (Phi) is 4.60. The second-order valence-corrected chi connectivity index (χ2v) is 5.16. The second kappa shape index (κ2) is 6.19. The fraction of sp³-hybridized carbons (Fsp3) is 0.500. The molecule has 0 heterocycles. The summed E-state index contributed by atoms with van der Waals surface area (Å²) in [6.45, 7) is 0.631. The van der Waals surface area contributed by atoms with Crippen molar-refractivity contribution in [2.75, 3.05) is 0 Å². The summed E-state index contributed by atoms with van der Waals surface area (Å²) >= 11 is 6.11. The van der Waals surface area contributed by atoms with Crippen LogP contribution in [0.5, 0.6) is 0 Å². The van der Waals surface area contributed by atoms with Gasteiger partial charge in [0.05, 0.1) is 17.7 Å². The number of aliphatic hydroxyl groups is 1. The highest BCUT2D eigenvalue weighted by Gasteiger charge is 2.22. The molecule has 1 saturated carbocycles. The summed E-state index contributed by atoms with van der Waals surface area (Å²) in [6, 6.07) is 7.53. The third-order valence-corrected chi connectivity index (χ3v) is 3.82. The molecular formula is C14H17ClN2O. The minimum atomic E-state index is -0.254. The summed E-state index contributed by atoms with van der Waals surface area (Å²) in [4.78, 5) is 0. The molecular weight excluding hydrogens is 248 g/mol. The average molecular weight is 265 g/mol. The Hall–Kier alpha value is -1.08. The first-order valence-corrected chi connectivity index (χ1v) is 6.68. The lowest BCUT2D eigenvalue weighted by atomic mass is 9.92. The second-order valence-electron chi connectivity index (χ2n) is 4.76. The van der Waals surface area contributed by atoms with Crippen molar-refractivity contribution in [1.82, 2.24) is 5.32 Å². The van der Waals surface area contributed by atoms with Crippen LogP contribution in [-0.2, 0) is 6.54 Å². The van der Waals surface area contributed by atoms with E-state index in [0.717, 1.165) is 31.2 Å². The van der Waals surface area contributed by atoms with E-state index in [0.29, 0.717) is 17.1 Å². The Morgan fingerprint density at radius 1 is 1.39 bits per heavy atom. The van der Waals surface area contributed by atoms with Crippen molar-refractivity contribution >= 4 is 11.6 Å². The Bertz CT molecular complexity index is 456. The van der Waals surface area contributed by atoms with E-state index >= 15 is 0 Å². The van der Waals surface area contributed by atoms with Crippen LogP contribution in [0.4, 0.5) is 0 Å².